The van der Waals surface area contributed by atoms with Crippen molar-refractivity contribution >= 4 is 35.0 Å². The monoisotopic (exact) mass is 718 g/mol. The third-order valence-electron chi connectivity index (χ3n) is 6.52. The van der Waals surface area contributed by atoms with E-state index in [-0.39, 0.29) is 53.5 Å². The van der Waals surface area contributed by atoms with E-state index in [0.29, 0.717) is 18.6 Å². The normalized spacial score (nSPS) is 15.1. The molecule has 0 saturated carbocycles. The number of anilines is 3. The van der Waals surface area contributed by atoms with Crippen LogP contribution in [0.3, 0.4) is 0 Å². The molecular weight excluding hydrogens is 695 g/mol. The van der Waals surface area contributed by atoms with Gasteiger partial charge in [-0.05, 0) is 6.92 Å². The van der Waals surface area contributed by atoms with Crippen LogP contribution in [0.5, 0.6) is 5.75 Å². The molecule has 4 heterocycles. The van der Waals surface area contributed by atoms with Crippen LogP contribution < -0.4 is 25.4 Å². The number of rotatable bonds is 11. The lowest BCUT2D eigenvalue weighted by Crippen LogP contribution is -2.51. The van der Waals surface area contributed by atoms with E-state index in [1.165, 1.54) is 29.0 Å². The number of hydrogen-bond donors (Lipinski definition) is 1. The molecule has 1 aliphatic heterocycles. The number of piperazine rings is 1. The number of pyridine rings is 1. The van der Waals surface area contributed by atoms with Crippen molar-refractivity contribution in [2.75, 3.05) is 48.0 Å². The van der Waals surface area contributed by atoms with Crippen molar-refractivity contribution in [1.29, 1.82) is 0 Å². The minimum absolute atomic E-state index is 0.00258. The van der Waals surface area contributed by atoms with Crippen molar-refractivity contribution in [2.45, 2.75) is 44.6 Å². The molecule has 0 bridgehead atoms. The Morgan fingerprint density at radius 3 is 2.27 bits per heavy atom. The predicted molar refractivity (Wildman–Crippen MR) is 150 cm³/mol. The minimum Gasteiger partial charge on any atom is -0.490 e. The number of amides is 1. The van der Waals surface area contributed by atoms with Crippen LogP contribution in [0.25, 0.3) is 0 Å². The van der Waals surface area contributed by atoms with Gasteiger partial charge in [0.2, 0.25) is 11.9 Å². The van der Waals surface area contributed by atoms with Gasteiger partial charge in [-0.3, -0.25) is 14.5 Å². The molecule has 0 radical (unpaired) electrons. The maximum Gasteiger partial charge on any atom is 0.423 e. The lowest BCUT2D eigenvalue weighted by molar-refractivity contribution is -0.148. The highest BCUT2D eigenvalue weighted by molar-refractivity contribution is 6.35. The first kappa shape index (κ1) is 36.4. The fourth-order valence-electron chi connectivity index (χ4n) is 4.24. The summed E-state index contributed by atoms with van der Waals surface area (Å²) >= 11 is 6.44. The molecule has 12 nitrogen and oxygen atoms in total. The molecule has 1 unspecified atom stereocenters. The van der Waals surface area contributed by atoms with Gasteiger partial charge in [0, 0.05) is 37.7 Å². The van der Waals surface area contributed by atoms with E-state index in [1.807, 2.05) is 0 Å². The van der Waals surface area contributed by atoms with Gasteiger partial charge in [-0.1, -0.05) is 11.6 Å². The average Bonchev–Trinajstić information content (AvgIpc) is 2.98. The number of carbonyl (C=O) groups excluding carboxylic acids is 1. The zero-order valence-corrected chi connectivity index (χ0v) is 25.2. The number of halogens is 10. The number of alkyl halides is 9. The zero-order valence-electron chi connectivity index (χ0n) is 24.5. The number of aromatic nitrogens is 5. The van der Waals surface area contributed by atoms with Gasteiger partial charge in [0.1, 0.15) is 36.2 Å². The molecule has 0 aromatic carbocycles. The Labute approximate surface area is 269 Å². The van der Waals surface area contributed by atoms with Crippen LogP contribution in [0.15, 0.2) is 35.6 Å². The lowest BCUT2D eigenvalue weighted by atomic mass is 10.2. The van der Waals surface area contributed by atoms with E-state index in [4.69, 9.17) is 16.3 Å². The van der Waals surface area contributed by atoms with Crippen LogP contribution in [-0.2, 0) is 28.6 Å². The molecule has 1 N–H and O–H groups in total. The highest BCUT2D eigenvalue weighted by Crippen LogP contribution is 2.35. The third kappa shape index (κ3) is 9.14. The van der Waals surface area contributed by atoms with Gasteiger partial charge in [-0.2, -0.15) is 44.6 Å². The van der Waals surface area contributed by atoms with Crippen LogP contribution in [0, 0.1) is 0 Å². The fourth-order valence-corrected chi connectivity index (χ4v) is 4.51. The second-order valence-electron chi connectivity index (χ2n) is 10.2. The molecule has 1 saturated heterocycles. The van der Waals surface area contributed by atoms with Crippen molar-refractivity contribution in [1.82, 2.24) is 24.7 Å². The number of ether oxygens (including phenoxy) is 2. The largest absolute Gasteiger partial charge is 0.490 e. The van der Waals surface area contributed by atoms with Crippen molar-refractivity contribution in [3.05, 3.63) is 57.4 Å². The summed E-state index contributed by atoms with van der Waals surface area (Å²) in [4.78, 5) is 39.5. The Kier molecular flexibility index (Phi) is 10.9. The quantitative estimate of drug-likeness (QED) is 0.219. The summed E-state index contributed by atoms with van der Waals surface area (Å²) < 4.78 is 127. The molecule has 1 amide bonds. The van der Waals surface area contributed by atoms with Crippen molar-refractivity contribution in [2.24, 2.45) is 0 Å². The molecule has 48 heavy (non-hydrogen) atoms. The molecule has 4 rings (SSSR count). The summed E-state index contributed by atoms with van der Waals surface area (Å²) in [5.74, 6) is -0.655. The van der Waals surface area contributed by atoms with Gasteiger partial charge in [-0.25, -0.2) is 19.6 Å². The number of nitrogens with zero attached hydrogens (tertiary/aromatic N) is 7. The SMILES string of the molecule is CC(COc1ccnc(N2CCN(c3ncc(C(F)(F)F)cn3)CC2=O)c1Cl)Nc1cnn(COCCC(F)(F)F)c(=O)c1C(F)(F)F. The van der Waals surface area contributed by atoms with Crippen LogP contribution in [0.4, 0.5) is 57.0 Å². The third-order valence-corrected chi connectivity index (χ3v) is 6.88. The summed E-state index contributed by atoms with van der Waals surface area (Å²) in [5.41, 5.74) is -5.09. The second-order valence-corrected chi connectivity index (χ2v) is 10.6. The van der Waals surface area contributed by atoms with Gasteiger partial charge in [0.15, 0.2) is 5.82 Å². The van der Waals surface area contributed by atoms with Gasteiger partial charge in [0.05, 0.1) is 36.5 Å². The smallest absolute Gasteiger partial charge is 0.423 e. The average molecular weight is 719 g/mol. The van der Waals surface area contributed by atoms with Gasteiger partial charge < -0.3 is 19.7 Å². The van der Waals surface area contributed by atoms with Crippen LogP contribution in [0.2, 0.25) is 5.02 Å². The number of nitrogens with one attached hydrogen (secondary N) is 1. The molecule has 3 aromatic rings. The van der Waals surface area contributed by atoms with Crippen LogP contribution in [-0.4, -0.2) is 75.7 Å². The highest BCUT2D eigenvalue weighted by Gasteiger charge is 2.39. The molecule has 0 aliphatic carbocycles. The first-order chi connectivity index (χ1) is 22.3. The van der Waals surface area contributed by atoms with E-state index in [2.05, 4.69) is 30.1 Å². The summed E-state index contributed by atoms with van der Waals surface area (Å²) in [7, 11) is 0. The maximum atomic E-state index is 13.8. The van der Waals surface area contributed by atoms with Crippen molar-refractivity contribution < 1.29 is 53.8 Å². The summed E-state index contributed by atoms with van der Waals surface area (Å²) in [6.07, 6.45) is -12.6. The summed E-state index contributed by atoms with van der Waals surface area (Å²) in [6.45, 7) is -0.970. The Hall–Kier alpha value is -4.40. The van der Waals surface area contributed by atoms with E-state index in [0.717, 1.165) is 0 Å². The van der Waals surface area contributed by atoms with Crippen LogP contribution >= 0.6 is 11.6 Å². The number of hydrogen-bond acceptors (Lipinski definition) is 10. The van der Waals surface area contributed by atoms with E-state index in [9.17, 15) is 49.1 Å². The first-order valence-corrected chi connectivity index (χ1v) is 14.0. The summed E-state index contributed by atoms with van der Waals surface area (Å²) in [5, 5.41) is 5.90. The Morgan fingerprint density at radius 2 is 1.67 bits per heavy atom. The Bertz CT molecular complexity index is 1650. The van der Waals surface area contributed by atoms with E-state index in [1.54, 1.807) is 0 Å². The number of carbonyl (C=O) groups is 1. The maximum absolute atomic E-state index is 13.8. The molecule has 22 heteroatoms. The molecule has 1 atom stereocenters. The second kappa shape index (κ2) is 14.4. The first-order valence-electron chi connectivity index (χ1n) is 13.7. The van der Waals surface area contributed by atoms with Crippen molar-refractivity contribution in [3.8, 4) is 5.75 Å². The molecular formula is C26H24ClF9N8O4. The standard InChI is InChI=1S/C26H24ClF9N8O4/c1-14(41-16-10-40-44(13-47-7-3-24(28,29)30)22(46)19(16)26(34,35)36)12-48-17-2-4-37-21(20(17)27)43-6-5-42(11-18(43)45)23-38-8-15(9-39-23)25(31,32)33/h2,4,8-10,14,41H,3,5-7,11-13H2,1H3. The Balaban J connectivity index is 1.39. The molecule has 3 aromatic heterocycles. The minimum atomic E-state index is -5.17. The highest BCUT2D eigenvalue weighted by atomic mass is 35.5. The summed E-state index contributed by atoms with van der Waals surface area (Å²) in [6, 6.07) is 0.422. The van der Waals surface area contributed by atoms with Gasteiger partial charge in [0.25, 0.3) is 5.56 Å². The molecule has 1 fully saturated rings. The van der Waals surface area contributed by atoms with E-state index >= 15 is 0 Å². The van der Waals surface area contributed by atoms with Gasteiger partial charge in [-0.15, -0.1) is 0 Å². The topological polar surface area (TPSA) is 128 Å². The zero-order chi connectivity index (χ0) is 35.4. The van der Waals surface area contributed by atoms with E-state index < -0.39 is 72.6 Å². The molecule has 0 spiro atoms. The fraction of sp³-hybridized carbons (Fsp3) is 0.462. The van der Waals surface area contributed by atoms with Gasteiger partial charge >= 0.3 is 18.5 Å². The Morgan fingerprint density at radius 1 is 0.979 bits per heavy atom. The predicted octanol–water partition coefficient (Wildman–Crippen LogP) is 4.78. The van der Waals surface area contributed by atoms with Crippen molar-refractivity contribution in [3.63, 3.8) is 0 Å². The molecule has 262 valence electrons. The van der Waals surface area contributed by atoms with Crippen LogP contribution in [0.1, 0.15) is 24.5 Å². The lowest BCUT2D eigenvalue weighted by Gasteiger charge is -2.34. The molecule has 1 aliphatic rings.